The molecule has 0 aromatic heterocycles. The molecule has 1 N–H and O–H groups in total. The first kappa shape index (κ1) is 18.8. The van der Waals surface area contributed by atoms with Gasteiger partial charge in [0.1, 0.15) is 5.75 Å². The zero-order chi connectivity index (χ0) is 18.2. The largest absolute Gasteiger partial charge is 0.495 e. The normalized spacial score (nSPS) is 11.5. The fraction of sp³-hybridized carbons (Fsp3) is 0.263. The number of ether oxygens (including phenoxy) is 2. The van der Waals surface area contributed by atoms with Gasteiger partial charge in [-0.2, -0.15) is 0 Å². The maximum Gasteiger partial charge on any atom is 0.306 e. The highest BCUT2D eigenvalue weighted by Gasteiger charge is 2.25. The van der Waals surface area contributed by atoms with Gasteiger partial charge < -0.3 is 14.8 Å². The number of halogens is 1. The first-order valence-corrected chi connectivity index (χ1v) is 8.31. The van der Waals surface area contributed by atoms with E-state index >= 15 is 0 Å². The van der Waals surface area contributed by atoms with Crippen molar-refractivity contribution in [1.29, 1.82) is 0 Å². The Balaban J connectivity index is 2.20. The third-order valence-corrected chi connectivity index (χ3v) is 3.76. The van der Waals surface area contributed by atoms with Crippen LogP contribution in [0.4, 0.5) is 5.69 Å². The van der Waals surface area contributed by atoms with Gasteiger partial charge in [0.05, 0.1) is 12.1 Å². The standard InChI is InChI=1S/C19H20ClNO4/c1-3-7-17(22)25-18(13-8-5-4-6-9-13)19(23)21-14-10-11-16(24-2)15(20)12-14/h4-6,8-12,18H,3,7H2,1-2H3,(H,21,23)/t18-/m1/s1. The second kappa shape index (κ2) is 9.08. The molecule has 6 heteroatoms. The Morgan fingerprint density at radius 1 is 1.16 bits per heavy atom. The molecule has 1 amide bonds. The maximum atomic E-state index is 12.7. The monoisotopic (exact) mass is 361 g/mol. The van der Waals surface area contributed by atoms with Crippen LogP contribution in [0.2, 0.25) is 5.02 Å². The van der Waals surface area contributed by atoms with Crippen molar-refractivity contribution in [2.75, 3.05) is 12.4 Å². The highest BCUT2D eigenvalue weighted by atomic mass is 35.5. The SMILES string of the molecule is CCCC(=O)O[C@@H](C(=O)Nc1ccc(OC)c(Cl)c1)c1ccccc1. The second-order valence-electron chi connectivity index (χ2n) is 5.37. The Morgan fingerprint density at radius 3 is 2.48 bits per heavy atom. The topological polar surface area (TPSA) is 64.6 Å². The molecule has 0 radical (unpaired) electrons. The summed E-state index contributed by atoms with van der Waals surface area (Å²) in [6.45, 7) is 1.87. The minimum absolute atomic E-state index is 0.255. The summed E-state index contributed by atoms with van der Waals surface area (Å²) in [6.07, 6.45) is -0.123. The van der Waals surface area contributed by atoms with E-state index in [0.717, 1.165) is 0 Å². The Hall–Kier alpha value is -2.53. The number of amides is 1. The number of hydrogen-bond donors (Lipinski definition) is 1. The molecule has 0 bridgehead atoms. The highest BCUT2D eigenvalue weighted by Crippen LogP contribution is 2.28. The molecule has 25 heavy (non-hydrogen) atoms. The van der Waals surface area contributed by atoms with Gasteiger partial charge in [0.2, 0.25) is 6.10 Å². The molecule has 1 atom stereocenters. The number of esters is 1. The van der Waals surface area contributed by atoms with E-state index in [1.54, 1.807) is 42.5 Å². The average Bonchev–Trinajstić information content (AvgIpc) is 2.61. The summed E-state index contributed by atoms with van der Waals surface area (Å²) >= 11 is 6.07. The van der Waals surface area contributed by atoms with Crippen molar-refractivity contribution in [3.63, 3.8) is 0 Å². The molecular weight excluding hydrogens is 342 g/mol. The summed E-state index contributed by atoms with van der Waals surface area (Å²) in [7, 11) is 1.51. The molecule has 2 aromatic carbocycles. The van der Waals surface area contributed by atoms with Gasteiger partial charge in [-0.3, -0.25) is 9.59 Å². The number of nitrogens with one attached hydrogen (secondary N) is 1. The zero-order valence-corrected chi connectivity index (χ0v) is 14.9. The number of carbonyl (C=O) groups is 2. The van der Waals surface area contributed by atoms with E-state index < -0.39 is 18.0 Å². The summed E-state index contributed by atoms with van der Waals surface area (Å²) in [5, 5.41) is 3.10. The van der Waals surface area contributed by atoms with Gasteiger partial charge in [-0.1, -0.05) is 48.9 Å². The minimum Gasteiger partial charge on any atom is -0.495 e. The summed E-state index contributed by atoms with van der Waals surface area (Å²) < 4.78 is 10.5. The number of rotatable bonds is 7. The fourth-order valence-corrected chi connectivity index (χ4v) is 2.50. The lowest BCUT2D eigenvalue weighted by Gasteiger charge is -2.18. The molecule has 0 fully saturated rings. The summed E-state index contributed by atoms with van der Waals surface area (Å²) in [6, 6.07) is 13.8. The Bertz CT molecular complexity index is 733. The molecule has 132 valence electrons. The van der Waals surface area contributed by atoms with Crippen molar-refractivity contribution < 1.29 is 19.1 Å². The van der Waals surface area contributed by atoms with Gasteiger partial charge in [-0.15, -0.1) is 0 Å². The fourth-order valence-electron chi connectivity index (χ4n) is 2.25. The first-order chi connectivity index (χ1) is 12.0. The highest BCUT2D eigenvalue weighted by molar-refractivity contribution is 6.32. The van der Waals surface area contributed by atoms with Crippen LogP contribution in [0.25, 0.3) is 0 Å². The summed E-state index contributed by atoms with van der Waals surface area (Å²) in [4.78, 5) is 24.5. The van der Waals surface area contributed by atoms with Crippen LogP contribution in [0.1, 0.15) is 31.4 Å². The summed E-state index contributed by atoms with van der Waals surface area (Å²) in [5.74, 6) is -0.357. The Morgan fingerprint density at radius 2 is 1.88 bits per heavy atom. The number of carbonyl (C=O) groups excluding carboxylic acids is 2. The van der Waals surface area contributed by atoms with Crippen molar-refractivity contribution in [2.24, 2.45) is 0 Å². The number of hydrogen-bond acceptors (Lipinski definition) is 4. The molecule has 2 rings (SSSR count). The molecule has 2 aromatic rings. The summed E-state index contributed by atoms with van der Waals surface area (Å²) in [5.41, 5.74) is 1.09. The first-order valence-electron chi connectivity index (χ1n) is 7.94. The van der Waals surface area contributed by atoms with Crippen molar-refractivity contribution in [3.8, 4) is 5.75 Å². The molecular formula is C19H20ClNO4. The average molecular weight is 362 g/mol. The van der Waals surface area contributed by atoms with Crippen LogP contribution in [0.5, 0.6) is 5.75 Å². The lowest BCUT2D eigenvalue weighted by Crippen LogP contribution is -2.25. The molecule has 0 aliphatic rings. The molecule has 0 saturated heterocycles. The third-order valence-electron chi connectivity index (χ3n) is 3.46. The van der Waals surface area contributed by atoms with E-state index in [1.807, 2.05) is 13.0 Å². The van der Waals surface area contributed by atoms with E-state index in [-0.39, 0.29) is 6.42 Å². The minimum atomic E-state index is -1.03. The molecule has 0 aliphatic heterocycles. The predicted molar refractivity (Wildman–Crippen MR) is 96.8 cm³/mol. The third kappa shape index (κ3) is 5.22. The van der Waals surface area contributed by atoms with Gasteiger partial charge in [-0.05, 0) is 24.6 Å². The smallest absolute Gasteiger partial charge is 0.306 e. The van der Waals surface area contributed by atoms with E-state index in [1.165, 1.54) is 7.11 Å². The van der Waals surface area contributed by atoms with E-state index in [4.69, 9.17) is 21.1 Å². The van der Waals surface area contributed by atoms with Crippen LogP contribution >= 0.6 is 11.6 Å². The maximum absolute atomic E-state index is 12.7. The van der Waals surface area contributed by atoms with Crippen LogP contribution in [-0.2, 0) is 14.3 Å². The van der Waals surface area contributed by atoms with E-state index in [2.05, 4.69) is 5.32 Å². The van der Waals surface area contributed by atoms with Gasteiger partial charge in [-0.25, -0.2) is 0 Å². The second-order valence-corrected chi connectivity index (χ2v) is 5.78. The molecule has 5 nitrogen and oxygen atoms in total. The molecule has 0 saturated carbocycles. The molecule has 0 heterocycles. The molecule has 0 unspecified atom stereocenters. The van der Waals surface area contributed by atoms with Gasteiger partial charge in [0.25, 0.3) is 5.91 Å². The molecule has 0 aliphatic carbocycles. The zero-order valence-electron chi connectivity index (χ0n) is 14.1. The molecule has 0 spiro atoms. The van der Waals surface area contributed by atoms with Gasteiger partial charge in [0, 0.05) is 17.7 Å². The van der Waals surface area contributed by atoms with Gasteiger partial charge in [0.15, 0.2) is 0 Å². The van der Waals surface area contributed by atoms with Crippen LogP contribution in [-0.4, -0.2) is 19.0 Å². The lowest BCUT2D eigenvalue weighted by molar-refractivity contribution is -0.154. The number of anilines is 1. The predicted octanol–water partition coefficient (Wildman–Crippen LogP) is 4.37. The van der Waals surface area contributed by atoms with Crippen molar-refractivity contribution in [2.45, 2.75) is 25.9 Å². The number of methoxy groups -OCH3 is 1. The van der Waals surface area contributed by atoms with Crippen molar-refractivity contribution >= 4 is 29.2 Å². The quantitative estimate of drug-likeness (QED) is 0.743. The van der Waals surface area contributed by atoms with Gasteiger partial charge >= 0.3 is 5.97 Å². The number of benzene rings is 2. The lowest BCUT2D eigenvalue weighted by atomic mass is 10.1. The van der Waals surface area contributed by atoms with Crippen LogP contribution in [0, 0.1) is 0 Å². The Labute approximate surface area is 151 Å². The van der Waals surface area contributed by atoms with Crippen LogP contribution in [0.3, 0.4) is 0 Å². The van der Waals surface area contributed by atoms with Crippen molar-refractivity contribution in [3.05, 3.63) is 59.1 Å². The van der Waals surface area contributed by atoms with Crippen molar-refractivity contribution in [1.82, 2.24) is 0 Å². The van der Waals surface area contributed by atoms with Crippen LogP contribution < -0.4 is 10.1 Å². The van der Waals surface area contributed by atoms with E-state index in [9.17, 15) is 9.59 Å². The van der Waals surface area contributed by atoms with Crippen LogP contribution in [0.15, 0.2) is 48.5 Å². The van der Waals surface area contributed by atoms with E-state index in [0.29, 0.717) is 28.4 Å². The Kier molecular flexibility index (Phi) is 6.83.